The van der Waals surface area contributed by atoms with Crippen molar-refractivity contribution in [2.24, 2.45) is 4.47 Å². The number of hydrogen-bond donors (Lipinski definition) is 2. The van der Waals surface area contributed by atoms with Gasteiger partial charge < -0.3 is 10.4 Å². The van der Waals surface area contributed by atoms with E-state index in [1.807, 2.05) is 30.8 Å². The van der Waals surface area contributed by atoms with Gasteiger partial charge in [-0.05, 0) is 52.2 Å². The lowest BCUT2D eigenvalue weighted by atomic mass is 10.1. The number of nitrogens with zero attached hydrogens (tertiary/aromatic N) is 3. The number of ketones is 1. The monoisotopic (exact) mass is 374 g/mol. The number of carbonyl (C=O) groups is 2. The predicted molar refractivity (Wildman–Crippen MR) is 102 cm³/mol. The molecule has 0 bridgehead atoms. The summed E-state index contributed by atoms with van der Waals surface area (Å²) < 4.78 is 3.87. The fourth-order valence-corrected chi connectivity index (χ4v) is 2.73. The number of carbonyl (C=O) groups excluding carboxylic acids is 1. The molecule has 0 heterocycles. The molecule has 8 heteroatoms. The molecule has 1 atom stereocenters. The second-order valence-electron chi connectivity index (χ2n) is 6.32. The Morgan fingerprint density at radius 1 is 1.12 bits per heavy atom. The van der Waals surface area contributed by atoms with Crippen LogP contribution < -0.4 is 5.32 Å². The minimum Gasteiger partial charge on any atom is -0.480 e. The molecule has 146 valence electrons. The molecule has 0 radical (unpaired) electrons. The molecule has 0 aromatic heterocycles. The zero-order valence-corrected chi connectivity index (χ0v) is 16.7. The Hall–Kier alpha value is -1.12. The molecule has 0 rings (SSSR count). The van der Waals surface area contributed by atoms with E-state index in [1.54, 1.807) is 0 Å². The van der Waals surface area contributed by atoms with E-state index < -0.39 is 12.0 Å². The van der Waals surface area contributed by atoms with Crippen LogP contribution in [-0.2, 0) is 22.0 Å². The van der Waals surface area contributed by atoms with Crippen molar-refractivity contribution < 1.29 is 14.7 Å². The average Bonchev–Trinajstić information content (AvgIpc) is 2.58. The van der Waals surface area contributed by atoms with Crippen molar-refractivity contribution in [3.63, 3.8) is 0 Å². The summed E-state index contributed by atoms with van der Waals surface area (Å²) in [5.41, 5.74) is 0. The minimum absolute atomic E-state index is 0.266. The fraction of sp³-hybridized carbons (Fsp3) is 0.882. The lowest BCUT2D eigenvalue weighted by Gasteiger charge is -2.19. The number of Topliss-reactive ketones (excluding diaryl/α,β-unsaturated/α-hetero) is 1. The second-order valence-corrected chi connectivity index (χ2v) is 6.48. The van der Waals surface area contributed by atoms with Crippen LogP contribution in [0.4, 0.5) is 0 Å². The molecule has 0 fully saturated rings. The van der Waals surface area contributed by atoms with Gasteiger partial charge in [-0.3, -0.25) is 19.5 Å². The predicted octanol–water partition coefficient (Wildman–Crippen LogP) is 1.86. The Kier molecular flexibility index (Phi) is 14.5. The minimum atomic E-state index is -0.794. The molecule has 0 aromatic carbocycles. The molecular formula is C17H34N4O3S. The maximum atomic E-state index is 11.4. The van der Waals surface area contributed by atoms with E-state index in [9.17, 15) is 9.59 Å². The third-order valence-corrected chi connectivity index (χ3v) is 4.30. The summed E-state index contributed by atoms with van der Waals surface area (Å²) >= 11 is 4.82. The van der Waals surface area contributed by atoms with E-state index in [0.717, 1.165) is 45.3 Å². The Bertz CT molecular complexity index is 396. The van der Waals surface area contributed by atoms with Crippen LogP contribution in [0.15, 0.2) is 4.47 Å². The number of unbranched alkanes of at least 4 members (excludes halogenated alkanes) is 2. The molecule has 2 N–H and O–H groups in total. The largest absolute Gasteiger partial charge is 0.480 e. The topological polar surface area (TPSA) is 85.2 Å². The van der Waals surface area contributed by atoms with Gasteiger partial charge >= 0.3 is 5.97 Å². The standard InChI is InChI=1S/C17H34N4O3S/c1-4-15(22)14-20(3)11-8-9-13-21(19-25)12-7-6-10-16(17(23)24)18-5-2/h16,18H,4-14H2,1-3H3,(H,23,24). The lowest BCUT2D eigenvalue weighted by Crippen LogP contribution is -2.36. The highest BCUT2D eigenvalue weighted by Crippen LogP contribution is 2.05. The van der Waals surface area contributed by atoms with Gasteiger partial charge in [0.1, 0.15) is 11.8 Å². The van der Waals surface area contributed by atoms with E-state index in [-0.39, 0.29) is 5.78 Å². The molecule has 7 nitrogen and oxygen atoms in total. The highest BCUT2D eigenvalue weighted by atomic mass is 32.1. The number of carboxylic acid groups (broad SMARTS) is 1. The quantitative estimate of drug-likeness (QED) is 0.297. The number of aliphatic carboxylic acids is 1. The van der Waals surface area contributed by atoms with Gasteiger partial charge in [0.15, 0.2) is 0 Å². The van der Waals surface area contributed by atoms with Crippen LogP contribution in [0.2, 0.25) is 0 Å². The highest BCUT2D eigenvalue weighted by molar-refractivity contribution is 7.47. The number of carboxylic acids is 1. The van der Waals surface area contributed by atoms with Crippen molar-refractivity contribution in [2.75, 3.05) is 39.8 Å². The molecule has 0 aliphatic heterocycles. The Morgan fingerprint density at radius 3 is 2.24 bits per heavy atom. The van der Waals surface area contributed by atoms with E-state index >= 15 is 0 Å². The van der Waals surface area contributed by atoms with E-state index in [0.29, 0.717) is 25.9 Å². The van der Waals surface area contributed by atoms with Crippen LogP contribution >= 0.6 is 0 Å². The summed E-state index contributed by atoms with van der Waals surface area (Å²) in [5.74, 6) is -0.528. The van der Waals surface area contributed by atoms with E-state index in [4.69, 9.17) is 17.5 Å². The van der Waals surface area contributed by atoms with Crippen molar-refractivity contribution in [3.8, 4) is 0 Å². The Balaban J connectivity index is 3.83. The van der Waals surface area contributed by atoms with Crippen LogP contribution in [0.1, 0.15) is 52.4 Å². The van der Waals surface area contributed by atoms with E-state index in [2.05, 4.69) is 9.79 Å². The SMILES string of the molecule is CCNC(CCCCN(CCCCN(C)CC(=O)CC)N=S)C(=O)O. The molecule has 0 spiro atoms. The third kappa shape index (κ3) is 12.8. The van der Waals surface area contributed by atoms with Crippen molar-refractivity contribution in [2.45, 2.75) is 58.4 Å². The zero-order chi connectivity index (χ0) is 19.1. The van der Waals surface area contributed by atoms with Gasteiger partial charge in [-0.2, -0.15) is 0 Å². The molecular weight excluding hydrogens is 340 g/mol. The highest BCUT2D eigenvalue weighted by Gasteiger charge is 2.15. The molecule has 0 saturated carbocycles. The van der Waals surface area contributed by atoms with E-state index in [1.165, 1.54) is 0 Å². The maximum absolute atomic E-state index is 11.4. The van der Waals surface area contributed by atoms with Crippen molar-refractivity contribution in [3.05, 3.63) is 0 Å². The Morgan fingerprint density at radius 2 is 1.72 bits per heavy atom. The zero-order valence-electron chi connectivity index (χ0n) is 15.9. The van der Waals surface area contributed by atoms with Crippen molar-refractivity contribution in [1.29, 1.82) is 0 Å². The first-order valence-electron chi connectivity index (χ1n) is 9.19. The van der Waals surface area contributed by atoms with Crippen LogP contribution in [0, 0.1) is 0 Å². The summed E-state index contributed by atoms with van der Waals surface area (Å²) in [6.45, 7) is 7.41. The summed E-state index contributed by atoms with van der Waals surface area (Å²) in [6, 6.07) is -0.472. The van der Waals surface area contributed by atoms with Crippen LogP contribution in [0.25, 0.3) is 0 Å². The van der Waals surface area contributed by atoms with Gasteiger partial charge in [-0.1, -0.05) is 13.8 Å². The number of hydrogen-bond acceptors (Lipinski definition) is 6. The number of rotatable bonds is 17. The van der Waals surface area contributed by atoms with Gasteiger partial charge in [-0.25, -0.2) is 0 Å². The fourth-order valence-electron chi connectivity index (χ4n) is 2.56. The van der Waals surface area contributed by atoms with Gasteiger partial charge in [0, 0.05) is 19.5 Å². The van der Waals surface area contributed by atoms with Crippen molar-refractivity contribution >= 4 is 24.2 Å². The van der Waals surface area contributed by atoms with Crippen LogP contribution in [0.5, 0.6) is 0 Å². The first-order chi connectivity index (χ1) is 11.9. The smallest absolute Gasteiger partial charge is 0.320 e. The van der Waals surface area contributed by atoms with Gasteiger partial charge in [0.05, 0.1) is 19.0 Å². The normalized spacial score (nSPS) is 12.2. The summed E-state index contributed by atoms with van der Waals surface area (Å²) in [7, 11) is 1.96. The summed E-state index contributed by atoms with van der Waals surface area (Å²) in [4.78, 5) is 24.5. The maximum Gasteiger partial charge on any atom is 0.320 e. The molecule has 0 amide bonds. The van der Waals surface area contributed by atoms with Gasteiger partial charge in [0.2, 0.25) is 0 Å². The summed E-state index contributed by atoms with van der Waals surface area (Å²) in [5, 5.41) is 13.9. The number of nitrogens with one attached hydrogen (secondary N) is 1. The van der Waals surface area contributed by atoms with Gasteiger partial charge in [0.25, 0.3) is 0 Å². The summed E-state index contributed by atoms with van der Waals surface area (Å²) in [6.07, 6.45) is 4.87. The van der Waals surface area contributed by atoms with Crippen LogP contribution in [-0.4, -0.2) is 72.6 Å². The first kappa shape index (κ1) is 23.9. The van der Waals surface area contributed by atoms with Gasteiger partial charge in [-0.15, -0.1) is 4.47 Å². The molecule has 1 unspecified atom stereocenters. The average molecular weight is 375 g/mol. The Labute approximate surface area is 157 Å². The molecule has 25 heavy (non-hydrogen) atoms. The lowest BCUT2D eigenvalue weighted by molar-refractivity contribution is -0.139. The first-order valence-corrected chi connectivity index (χ1v) is 9.55. The molecule has 0 aliphatic rings. The molecule has 0 aliphatic carbocycles. The second kappa shape index (κ2) is 15.2. The van der Waals surface area contributed by atoms with Crippen molar-refractivity contribution in [1.82, 2.24) is 15.2 Å². The third-order valence-electron chi connectivity index (χ3n) is 4.07. The molecule has 0 saturated heterocycles. The molecule has 0 aromatic rings. The number of likely N-dealkylation sites (N-methyl/N-ethyl adjacent to an activating group) is 2. The van der Waals surface area contributed by atoms with Crippen LogP contribution in [0.3, 0.4) is 0 Å².